The van der Waals surface area contributed by atoms with Crippen LogP contribution in [0.5, 0.6) is 5.75 Å². The SMILES string of the molecule is COCCO[C@H]1COc2cc(F)ccc2C1/C=N\c1[nH+]cnc2[nH]c(C(F)(F)F)cc12. The maximum absolute atomic E-state index is 13.6. The van der Waals surface area contributed by atoms with E-state index in [1.165, 1.54) is 18.5 Å². The van der Waals surface area contributed by atoms with E-state index in [-0.39, 0.29) is 23.5 Å². The molecule has 4 rings (SSSR count). The zero-order chi connectivity index (χ0) is 22.0. The van der Waals surface area contributed by atoms with Gasteiger partial charge >= 0.3 is 6.18 Å². The van der Waals surface area contributed by atoms with E-state index in [0.717, 1.165) is 6.07 Å². The summed E-state index contributed by atoms with van der Waals surface area (Å²) in [5.74, 6) is -0.293. The van der Waals surface area contributed by atoms with Gasteiger partial charge in [-0.2, -0.15) is 13.2 Å². The van der Waals surface area contributed by atoms with Crippen LogP contribution in [0.25, 0.3) is 11.0 Å². The number of rotatable bonds is 6. The van der Waals surface area contributed by atoms with Crippen molar-refractivity contribution in [3.05, 3.63) is 47.7 Å². The minimum absolute atomic E-state index is 0.0561. The minimum atomic E-state index is -4.54. The van der Waals surface area contributed by atoms with Gasteiger partial charge in [0.05, 0.1) is 25.3 Å². The number of hydrogen-bond acceptors (Lipinski definition) is 5. The molecule has 0 fully saturated rings. The molecule has 3 aromatic rings. The average Bonchev–Trinajstić information content (AvgIpc) is 3.18. The van der Waals surface area contributed by atoms with Crippen molar-refractivity contribution in [1.29, 1.82) is 0 Å². The number of nitrogens with one attached hydrogen (secondary N) is 2. The molecule has 11 heteroatoms. The second-order valence-electron chi connectivity index (χ2n) is 6.89. The van der Waals surface area contributed by atoms with Crippen LogP contribution < -0.4 is 9.72 Å². The number of nitrogens with zero attached hydrogens (tertiary/aromatic N) is 2. The smallest absolute Gasteiger partial charge is 0.431 e. The van der Waals surface area contributed by atoms with Gasteiger partial charge in [-0.1, -0.05) is 11.1 Å². The lowest BCUT2D eigenvalue weighted by Crippen LogP contribution is -2.35. The summed E-state index contributed by atoms with van der Waals surface area (Å²) in [7, 11) is 1.55. The fraction of sp³-hybridized carbons (Fsp3) is 0.350. The predicted molar refractivity (Wildman–Crippen MR) is 102 cm³/mol. The molecule has 7 nitrogen and oxygen atoms in total. The Kier molecular flexibility index (Phi) is 5.88. The Labute approximate surface area is 174 Å². The first-order valence-electron chi connectivity index (χ1n) is 9.40. The van der Waals surface area contributed by atoms with Crippen LogP contribution in [0.2, 0.25) is 0 Å². The van der Waals surface area contributed by atoms with Gasteiger partial charge in [0.25, 0.3) is 5.82 Å². The molecular weight excluding hydrogens is 420 g/mol. The van der Waals surface area contributed by atoms with Gasteiger partial charge in [-0.25, -0.2) is 9.37 Å². The van der Waals surface area contributed by atoms with Gasteiger partial charge in [-0.05, 0) is 12.1 Å². The highest BCUT2D eigenvalue weighted by molar-refractivity contribution is 5.87. The number of fused-ring (bicyclic) bond motifs is 2. The number of aromatic nitrogens is 3. The van der Waals surface area contributed by atoms with E-state index < -0.39 is 29.7 Å². The van der Waals surface area contributed by atoms with Crippen LogP contribution in [0.15, 0.2) is 35.6 Å². The Morgan fingerprint density at radius 2 is 2.16 bits per heavy atom. The number of hydrogen-bond donors (Lipinski definition) is 1. The van der Waals surface area contributed by atoms with Crippen molar-refractivity contribution < 1.29 is 36.8 Å². The number of aliphatic imine (C=N–C) groups is 1. The molecule has 0 radical (unpaired) electrons. The zero-order valence-corrected chi connectivity index (χ0v) is 16.4. The first-order chi connectivity index (χ1) is 14.9. The van der Waals surface area contributed by atoms with Gasteiger partial charge in [-0.3, -0.25) is 0 Å². The summed E-state index contributed by atoms with van der Waals surface area (Å²) in [6, 6.07) is 5.11. The lowest BCUT2D eigenvalue weighted by atomic mass is 9.91. The third kappa shape index (κ3) is 4.52. The van der Waals surface area contributed by atoms with E-state index in [1.807, 2.05) is 0 Å². The molecule has 0 spiro atoms. The summed E-state index contributed by atoms with van der Waals surface area (Å²) in [4.78, 5) is 13.3. The summed E-state index contributed by atoms with van der Waals surface area (Å²) in [6.45, 7) is 0.845. The molecule has 1 aromatic carbocycles. The van der Waals surface area contributed by atoms with Crippen LogP contribution in [-0.4, -0.2) is 49.2 Å². The lowest BCUT2D eigenvalue weighted by Gasteiger charge is -2.30. The fourth-order valence-corrected chi connectivity index (χ4v) is 3.37. The number of ether oxygens (including phenoxy) is 3. The fourth-order valence-electron chi connectivity index (χ4n) is 3.37. The van der Waals surface area contributed by atoms with Crippen molar-refractivity contribution in [3.63, 3.8) is 0 Å². The number of methoxy groups -OCH3 is 1. The standard InChI is InChI=1S/C20H18F4N4O3/c1-29-4-5-30-16-9-31-15-6-11(21)2-3-12(15)14(16)8-25-18-13-7-17(20(22,23)24)28-19(13)27-10-26-18/h2-3,6-8,10,14,16H,4-5,9H2,1H3,(H,26,27,28)/p+1/b25-8-/t14?,16-/m0/s1. The Morgan fingerprint density at radius 1 is 1.32 bits per heavy atom. The molecule has 3 heterocycles. The van der Waals surface area contributed by atoms with Crippen LogP contribution in [-0.2, 0) is 15.7 Å². The van der Waals surface area contributed by atoms with Crippen LogP contribution in [0, 0.1) is 5.82 Å². The molecular formula is C20H19F4N4O3+. The molecule has 2 N–H and O–H groups in total. The molecule has 2 atom stereocenters. The molecule has 0 saturated heterocycles. The Balaban J connectivity index is 1.69. The second kappa shape index (κ2) is 8.60. The lowest BCUT2D eigenvalue weighted by molar-refractivity contribution is -0.365. The van der Waals surface area contributed by atoms with E-state index in [1.54, 1.807) is 19.4 Å². The summed E-state index contributed by atoms with van der Waals surface area (Å²) < 4.78 is 69.2. The molecule has 0 amide bonds. The molecule has 1 aliphatic heterocycles. The van der Waals surface area contributed by atoms with Gasteiger partial charge in [0.2, 0.25) is 12.0 Å². The average molecular weight is 439 g/mol. The monoisotopic (exact) mass is 439 g/mol. The summed E-state index contributed by atoms with van der Waals surface area (Å²) in [5, 5.41) is 0.189. The van der Waals surface area contributed by atoms with Crippen molar-refractivity contribution >= 4 is 23.1 Å². The molecule has 1 unspecified atom stereocenters. The van der Waals surface area contributed by atoms with E-state index in [0.29, 0.717) is 24.5 Å². The highest BCUT2D eigenvalue weighted by Gasteiger charge is 2.35. The quantitative estimate of drug-likeness (QED) is 0.362. The topological polar surface area (TPSA) is 82.9 Å². The van der Waals surface area contributed by atoms with E-state index >= 15 is 0 Å². The van der Waals surface area contributed by atoms with Crippen LogP contribution in [0.3, 0.4) is 0 Å². The Bertz CT molecular complexity index is 1100. The van der Waals surface area contributed by atoms with Crippen molar-refractivity contribution in [3.8, 4) is 5.75 Å². The maximum Gasteiger partial charge on any atom is 0.431 e. The van der Waals surface area contributed by atoms with E-state index in [9.17, 15) is 17.6 Å². The number of halogens is 4. The minimum Gasteiger partial charge on any atom is -0.490 e. The first-order valence-corrected chi connectivity index (χ1v) is 9.40. The molecule has 0 saturated carbocycles. The van der Waals surface area contributed by atoms with E-state index in [4.69, 9.17) is 14.2 Å². The molecule has 0 bridgehead atoms. The van der Waals surface area contributed by atoms with Crippen molar-refractivity contribution in [2.24, 2.45) is 4.99 Å². The third-order valence-corrected chi connectivity index (χ3v) is 4.87. The van der Waals surface area contributed by atoms with Gasteiger partial charge in [-0.15, -0.1) is 4.99 Å². The Hall–Kier alpha value is -3.05. The summed E-state index contributed by atoms with van der Waals surface area (Å²) in [6.07, 6.45) is -2.16. The van der Waals surface area contributed by atoms with Gasteiger partial charge < -0.3 is 19.2 Å². The number of H-pyrrole nitrogens is 2. The summed E-state index contributed by atoms with van der Waals surface area (Å²) >= 11 is 0. The van der Waals surface area contributed by atoms with E-state index in [2.05, 4.69) is 19.9 Å². The first kappa shape index (κ1) is 21.2. The van der Waals surface area contributed by atoms with Crippen LogP contribution in [0.4, 0.5) is 23.4 Å². The normalized spacial score (nSPS) is 19.0. The summed E-state index contributed by atoms with van der Waals surface area (Å²) in [5.41, 5.74) is -0.201. The molecule has 0 aliphatic carbocycles. The number of alkyl halides is 3. The van der Waals surface area contributed by atoms with Gasteiger partial charge in [0.1, 0.15) is 35.4 Å². The number of aromatic amines is 2. The molecule has 164 valence electrons. The maximum atomic E-state index is 13.6. The number of benzene rings is 1. The molecule has 2 aromatic heterocycles. The molecule has 31 heavy (non-hydrogen) atoms. The van der Waals surface area contributed by atoms with Gasteiger partial charge in [0, 0.05) is 18.7 Å². The van der Waals surface area contributed by atoms with Crippen LogP contribution in [0.1, 0.15) is 17.2 Å². The van der Waals surface area contributed by atoms with Gasteiger partial charge in [0.15, 0.2) is 0 Å². The second-order valence-corrected chi connectivity index (χ2v) is 6.89. The largest absolute Gasteiger partial charge is 0.490 e. The van der Waals surface area contributed by atoms with Crippen LogP contribution >= 0.6 is 0 Å². The Morgan fingerprint density at radius 3 is 2.94 bits per heavy atom. The third-order valence-electron chi connectivity index (χ3n) is 4.87. The predicted octanol–water partition coefficient (Wildman–Crippen LogP) is 3.45. The molecule has 1 aliphatic rings. The van der Waals surface area contributed by atoms with Crippen molar-refractivity contribution in [2.45, 2.75) is 18.2 Å². The van der Waals surface area contributed by atoms with Crippen molar-refractivity contribution in [2.75, 3.05) is 26.9 Å². The van der Waals surface area contributed by atoms with Crippen molar-refractivity contribution in [1.82, 2.24) is 9.97 Å². The zero-order valence-electron chi connectivity index (χ0n) is 16.4. The highest BCUT2D eigenvalue weighted by Crippen LogP contribution is 2.36. The highest BCUT2D eigenvalue weighted by atomic mass is 19.4.